The minimum Gasteiger partial charge on any atom is -0.247 e. The molecule has 0 bridgehead atoms. The van der Waals surface area contributed by atoms with Gasteiger partial charge in [-0.2, -0.15) is 0 Å². The molecule has 0 aliphatic heterocycles. The first kappa shape index (κ1) is 11.2. The van der Waals surface area contributed by atoms with Crippen molar-refractivity contribution in [1.29, 1.82) is 0 Å². The molecule has 0 aliphatic rings. The fourth-order valence-electron chi connectivity index (χ4n) is 1.14. The molecule has 1 aromatic heterocycles. The van der Waals surface area contributed by atoms with Gasteiger partial charge in [-0.25, -0.2) is 4.98 Å². The van der Waals surface area contributed by atoms with Crippen LogP contribution in [0.3, 0.4) is 0 Å². The van der Waals surface area contributed by atoms with E-state index in [2.05, 4.69) is 47.1 Å². The molecular weight excluding hydrogens is 246 g/mol. The predicted molar refractivity (Wildman–Crippen MR) is 62.7 cm³/mol. The van der Waals surface area contributed by atoms with Crippen molar-refractivity contribution in [3.05, 3.63) is 16.1 Å². The van der Waals surface area contributed by atoms with Crippen LogP contribution in [0.25, 0.3) is 0 Å². The maximum absolute atomic E-state index is 4.44. The number of rotatable bonds is 4. The Bertz CT molecular complexity index is 257. The Balaban J connectivity index is 2.35. The molecule has 1 nitrogen and oxygen atoms in total. The zero-order valence-corrected chi connectivity index (χ0v) is 10.8. The molecule has 0 radical (unpaired) electrons. The number of nitrogens with zero attached hydrogens (tertiary/aromatic N) is 1. The fraction of sp³-hybridized carbons (Fsp3) is 0.700. The van der Waals surface area contributed by atoms with Gasteiger partial charge >= 0.3 is 0 Å². The Morgan fingerprint density at radius 3 is 2.69 bits per heavy atom. The number of hydrogen-bond acceptors (Lipinski definition) is 2. The van der Waals surface area contributed by atoms with Gasteiger partial charge in [-0.3, -0.25) is 0 Å². The van der Waals surface area contributed by atoms with E-state index in [-0.39, 0.29) is 0 Å². The van der Waals surface area contributed by atoms with Crippen LogP contribution in [0.5, 0.6) is 0 Å². The molecule has 0 fully saturated rings. The minimum absolute atomic E-state index is 0.620. The van der Waals surface area contributed by atoms with Crippen LogP contribution >= 0.6 is 27.3 Å². The van der Waals surface area contributed by atoms with Crippen molar-refractivity contribution in [2.24, 2.45) is 5.92 Å². The normalized spacial score (nSPS) is 13.6. The first-order valence-corrected chi connectivity index (χ1v) is 6.44. The Kier molecular flexibility index (Phi) is 4.39. The Morgan fingerprint density at radius 1 is 1.54 bits per heavy atom. The molecule has 0 aliphatic carbocycles. The summed E-state index contributed by atoms with van der Waals surface area (Å²) in [5, 5.41) is 3.33. The van der Waals surface area contributed by atoms with Crippen molar-refractivity contribution in [1.82, 2.24) is 4.98 Å². The van der Waals surface area contributed by atoms with Crippen LogP contribution in [0.15, 0.2) is 5.38 Å². The SMILES string of the molecule is Cc1nc(CCC(Br)C(C)C)cs1. The molecule has 1 aromatic rings. The van der Waals surface area contributed by atoms with Crippen LogP contribution < -0.4 is 0 Å². The summed E-state index contributed by atoms with van der Waals surface area (Å²) in [4.78, 5) is 5.06. The van der Waals surface area contributed by atoms with Gasteiger partial charge < -0.3 is 0 Å². The average Bonchev–Trinajstić information content (AvgIpc) is 2.47. The van der Waals surface area contributed by atoms with E-state index in [0.29, 0.717) is 10.7 Å². The summed E-state index contributed by atoms with van der Waals surface area (Å²) in [6, 6.07) is 0. The smallest absolute Gasteiger partial charge is 0.0897 e. The zero-order chi connectivity index (χ0) is 9.84. The standard InChI is InChI=1S/C10H16BrNS/c1-7(2)10(11)5-4-9-6-13-8(3)12-9/h6-7,10H,4-5H2,1-3H3. The molecule has 0 saturated carbocycles. The largest absolute Gasteiger partial charge is 0.247 e. The van der Waals surface area contributed by atoms with Crippen molar-refractivity contribution in [3.63, 3.8) is 0 Å². The van der Waals surface area contributed by atoms with Crippen LogP contribution in [-0.2, 0) is 6.42 Å². The third-order valence-electron chi connectivity index (χ3n) is 2.07. The quantitative estimate of drug-likeness (QED) is 0.752. The van der Waals surface area contributed by atoms with Gasteiger partial charge in [-0.15, -0.1) is 11.3 Å². The highest BCUT2D eigenvalue weighted by atomic mass is 79.9. The second-order valence-corrected chi connectivity index (χ2v) is 5.89. The predicted octanol–water partition coefficient (Wildman–Crippen LogP) is 3.80. The summed E-state index contributed by atoms with van der Waals surface area (Å²) in [6.07, 6.45) is 2.28. The van der Waals surface area contributed by atoms with Crippen molar-refractivity contribution < 1.29 is 0 Å². The summed E-state index contributed by atoms with van der Waals surface area (Å²) in [5.41, 5.74) is 1.24. The average molecular weight is 262 g/mol. The molecule has 1 atom stereocenters. The third-order valence-corrected chi connectivity index (χ3v) is 4.40. The van der Waals surface area contributed by atoms with E-state index >= 15 is 0 Å². The van der Waals surface area contributed by atoms with Gasteiger partial charge in [-0.05, 0) is 25.7 Å². The van der Waals surface area contributed by atoms with Gasteiger partial charge in [0.25, 0.3) is 0 Å². The first-order chi connectivity index (χ1) is 6.09. The van der Waals surface area contributed by atoms with E-state index in [1.165, 1.54) is 17.1 Å². The van der Waals surface area contributed by atoms with Crippen molar-refractivity contribution in [3.8, 4) is 0 Å². The molecule has 0 aromatic carbocycles. The second kappa shape index (κ2) is 5.11. The molecule has 0 spiro atoms. The molecule has 1 unspecified atom stereocenters. The second-order valence-electron chi connectivity index (χ2n) is 3.66. The van der Waals surface area contributed by atoms with E-state index in [1.54, 1.807) is 11.3 Å². The maximum Gasteiger partial charge on any atom is 0.0897 e. The van der Waals surface area contributed by atoms with E-state index in [4.69, 9.17) is 0 Å². The summed E-state index contributed by atoms with van der Waals surface area (Å²) in [7, 11) is 0. The molecule has 1 rings (SSSR count). The van der Waals surface area contributed by atoms with E-state index < -0.39 is 0 Å². The van der Waals surface area contributed by atoms with Crippen molar-refractivity contribution >= 4 is 27.3 Å². The highest BCUT2D eigenvalue weighted by Gasteiger charge is 2.09. The number of halogens is 1. The van der Waals surface area contributed by atoms with Crippen LogP contribution in [0.2, 0.25) is 0 Å². The van der Waals surface area contributed by atoms with Crippen LogP contribution in [0.4, 0.5) is 0 Å². The van der Waals surface area contributed by atoms with Gasteiger partial charge in [0.2, 0.25) is 0 Å². The Labute approximate surface area is 92.7 Å². The number of aryl methyl sites for hydroxylation is 2. The van der Waals surface area contributed by atoms with Gasteiger partial charge in [0.05, 0.1) is 10.7 Å². The van der Waals surface area contributed by atoms with Gasteiger partial charge in [-0.1, -0.05) is 29.8 Å². The lowest BCUT2D eigenvalue weighted by Crippen LogP contribution is -2.08. The van der Waals surface area contributed by atoms with Crippen molar-refractivity contribution in [2.75, 3.05) is 0 Å². The summed E-state index contributed by atoms with van der Waals surface area (Å²) in [5.74, 6) is 0.708. The highest BCUT2D eigenvalue weighted by molar-refractivity contribution is 9.09. The number of hydrogen-bond donors (Lipinski definition) is 0. The number of alkyl halides is 1. The first-order valence-electron chi connectivity index (χ1n) is 4.64. The molecule has 0 N–H and O–H groups in total. The van der Waals surface area contributed by atoms with E-state index in [1.807, 2.05) is 0 Å². The third kappa shape index (κ3) is 3.77. The summed E-state index contributed by atoms with van der Waals surface area (Å²) < 4.78 is 0. The van der Waals surface area contributed by atoms with E-state index in [0.717, 1.165) is 6.42 Å². The molecular formula is C10H16BrNS. The fourth-order valence-corrected chi connectivity index (χ4v) is 2.02. The molecule has 0 amide bonds. The Hall–Kier alpha value is 0.110. The van der Waals surface area contributed by atoms with Crippen molar-refractivity contribution in [2.45, 2.75) is 38.4 Å². The summed E-state index contributed by atoms with van der Waals surface area (Å²) in [6.45, 7) is 6.54. The van der Waals surface area contributed by atoms with Gasteiger partial charge in [0, 0.05) is 10.2 Å². The van der Waals surface area contributed by atoms with Crippen LogP contribution in [-0.4, -0.2) is 9.81 Å². The molecule has 74 valence electrons. The lowest BCUT2D eigenvalue weighted by Gasteiger charge is -2.11. The topological polar surface area (TPSA) is 12.9 Å². The van der Waals surface area contributed by atoms with Gasteiger partial charge in [0.15, 0.2) is 0 Å². The Morgan fingerprint density at radius 2 is 2.23 bits per heavy atom. The number of aromatic nitrogens is 1. The van der Waals surface area contributed by atoms with E-state index in [9.17, 15) is 0 Å². The zero-order valence-electron chi connectivity index (χ0n) is 8.38. The molecule has 0 saturated heterocycles. The molecule has 13 heavy (non-hydrogen) atoms. The summed E-state index contributed by atoms with van der Waals surface area (Å²) >= 11 is 5.42. The lowest BCUT2D eigenvalue weighted by atomic mass is 10.1. The lowest BCUT2D eigenvalue weighted by molar-refractivity contribution is 0.579. The van der Waals surface area contributed by atoms with Crippen LogP contribution in [0, 0.1) is 12.8 Å². The minimum atomic E-state index is 0.620. The molecule has 3 heteroatoms. The maximum atomic E-state index is 4.44. The molecule has 1 heterocycles. The highest BCUT2D eigenvalue weighted by Crippen LogP contribution is 2.19. The van der Waals surface area contributed by atoms with Crippen LogP contribution in [0.1, 0.15) is 31.0 Å². The van der Waals surface area contributed by atoms with Gasteiger partial charge in [0.1, 0.15) is 0 Å². The number of thiazole rings is 1. The monoisotopic (exact) mass is 261 g/mol.